The Hall–Kier alpha value is -7.96. The molecule has 1 aliphatic carbocycles. The van der Waals surface area contributed by atoms with Gasteiger partial charge in [-0.15, -0.1) is 0 Å². The Kier molecular flexibility index (Phi) is 10.5. The summed E-state index contributed by atoms with van der Waals surface area (Å²) in [5, 5.41) is 0. The molecule has 0 bridgehead atoms. The first-order chi connectivity index (χ1) is 30.5. The van der Waals surface area contributed by atoms with Gasteiger partial charge >= 0.3 is 0 Å². The van der Waals surface area contributed by atoms with Gasteiger partial charge in [-0.3, -0.25) is 0 Å². The highest BCUT2D eigenvalue weighted by Gasteiger charge is 2.17. The second kappa shape index (κ2) is 17.0. The predicted molar refractivity (Wildman–Crippen MR) is 252 cm³/mol. The lowest BCUT2D eigenvalue weighted by Crippen LogP contribution is -2.01. The van der Waals surface area contributed by atoms with Crippen LogP contribution in [-0.2, 0) is 0 Å². The third-order valence-corrected chi connectivity index (χ3v) is 11.3. The summed E-state index contributed by atoms with van der Waals surface area (Å²) in [6, 6.07) is 62.4. The molecule has 1 aliphatic rings. The molecule has 2 aromatic heterocycles. The lowest BCUT2D eigenvalue weighted by Gasteiger charge is -2.14. The number of allylic oxidation sites excluding steroid dienone is 4. The molecule has 6 heteroatoms. The van der Waals surface area contributed by atoms with E-state index in [-0.39, 0.29) is 0 Å². The smallest absolute Gasteiger partial charge is 0.164 e. The minimum absolute atomic E-state index is 0.547. The fraction of sp³-hybridized carbons (Fsp3) is 0.0714. The summed E-state index contributed by atoms with van der Waals surface area (Å²) in [5.41, 5.74) is 13.5. The normalized spacial score (nSPS) is 13.5. The van der Waals surface area contributed by atoms with Crippen LogP contribution in [0.15, 0.2) is 200 Å². The van der Waals surface area contributed by atoms with Crippen molar-refractivity contribution in [2.75, 3.05) is 0 Å². The molecule has 1 unspecified atom stereocenters. The summed E-state index contributed by atoms with van der Waals surface area (Å²) in [6.45, 7) is 4.39. The molecule has 0 amide bonds. The third-order valence-electron chi connectivity index (χ3n) is 11.3. The highest BCUT2D eigenvalue weighted by Crippen LogP contribution is 2.35. The topological polar surface area (TPSA) is 77.3 Å². The molecule has 2 heterocycles. The van der Waals surface area contributed by atoms with Gasteiger partial charge in [0.25, 0.3) is 0 Å². The first-order valence-corrected chi connectivity index (χ1v) is 21.0. The van der Waals surface area contributed by atoms with Crippen LogP contribution in [0.5, 0.6) is 0 Å². The highest BCUT2D eigenvalue weighted by molar-refractivity contribution is 5.81. The summed E-state index contributed by atoms with van der Waals surface area (Å²) in [4.78, 5) is 30.1. The van der Waals surface area contributed by atoms with E-state index in [1.807, 2.05) is 91.0 Å². The maximum absolute atomic E-state index is 5.14. The summed E-state index contributed by atoms with van der Waals surface area (Å²) in [5.74, 6) is 4.33. The van der Waals surface area contributed by atoms with Gasteiger partial charge in [0, 0.05) is 33.4 Å². The van der Waals surface area contributed by atoms with E-state index in [0.717, 1.165) is 73.2 Å². The van der Waals surface area contributed by atoms with E-state index in [0.29, 0.717) is 40.9 Å². The van der Waals surface area contributed by atoms with Crippen LogP contribution in [0.25, 0.3) is 96.2 Å². The zero-order chi connectivity index (χ0) is 41.8. The number of aromatic nitrogens is 6. The Morgan fingerprint density at radius 1 is 0.355 bits per heavy atom. The number of rotatable bonds is 9. The molecule has 0 saturated carbocycles. The first kappa shape index (κ1) is 38.3. The molecular formula is C56H42N6. The van der Waals surface area contributed by atoms with E-state index in [4.69, 9.17) is 29.9 Å². The zero-order valence-corrected chi connectivity index (χ0v) is 34.5. The molecular weight excluding hydrogens is 757 g/mol. The van der Waals surface area contributed by atoms with Gasteiger partial charge in [0.1, 0.15) is 0 Å². The lowest BCUT2D eigenvalue weighted by atomic mass is 9.93. The molecule has 0 radical (unpaired) electrons. The van der Waals surface area contributed by atoms with Gasteiger partial charge < -0.3 is 0 Å². The van der Waals surface area contributed by atoms with Crippen LogP contribution in [0.1, 0.15) is 24.5 Å². The maximum Gasteiger partial charge on any atom is 0.164 e. The van der Waals surface area contributed by atoms with Crippen molar-refractivity contribution in [2.45, 2.75) is 20.3 Å². The van der Waals surface area contributed by atoms with Crippen LogP contribution >= 0.6 is 0 Å². The van der Waals surface area contributed by atoms with Gasteiger partial charge in [0.15, 0.2) is 34.9 Å². The average molecular weight is 799 g/mol. The van der Waals surface area contributed by atoms with Gasteiger partial charge in [-0.2, -0.15) is 0 Å². The number of hydrogen-bond donors (Lipinski definition) is 0. The van der Waals surface area contributed by atoms with E-state index in [1.165, 1.54) is 5.57 Å². The monoisotopic (exact) mass is 798 g/mol. The van der Waals surface area contributed by atoms with Crippen LogP contribution in [0.2, 0.25) is 0 Å². The quantitative estimate of drug-likeness (QED) is 0.145. The fourth-order valence-corrected chi connectivity index (χ4v) is 7.84. The van der Waals surface area contributed by atoms with Crippen molar-refractivity contribution in [3.8, 4) is 90.6 Å². The molecule has 62 heavy (non-hydrogen) atoms. The standard InChI is InChI=1S/C56H42N6/c1-37-27-30-39(31-28-37)43-21-13-25-47(34-43)55-60-53(42-19-10-5-11-20-42)61-56(62-55)49-32-29-38(2)50(36-49)46-24-12-22-44(33-46)45-23-14-26-48(35-45)54-58-51(40-15-6-3-7-16-40)57-52(59-54)41-17-8-4-9-18-41/h3-27,29-37H,28H2,1-2H3. The van der Waals surface area contributed by atoms with Crippen LogP contribution in [0.3, 0.4) is 0 Å². The molecule has 0 saturated heterocycles. The Balaban J connectivity index is 1.02. The second-order valence-corrected chi connectivity index (χ2v) is 15.7. The maximum atomic E-state index is 5.14. The molecule has 10 rings (SSSR count). The second-order valence-electron chi connectivity index (χ2n) is 15.7. The van der Waals surface area contributed by atoms with Crippen molar-refractivity contribution in [1.82, 2.24) is 29.9 Å². The molecule has 0 aliphatic heterocycles. The van der Waals surface area contributed by atoms with Gasteiger partial charge in [-0.05, 0) is 82.5 Å². The van der Waals surface area contributed by atoms with Gasteiger partial charge in [-0.25, -0.2) is 29.9 Å². The van der Waals surface area contributed by atoms with Crippen LogP contribution in [0, 0.1) is 12.8 Å². The molecule has 9 aromatic rings. The van der Waals surface area contributed by atoms with Crippen LogP contribution in [-0.4, -0.2) is 29.9 Å². The van der Waals surface area contributed by atoms with Crippen molar-refractivity contribution in [3.05, 3.63) is 211 Å². The molecule has 6 nitrogen and oxygen atoms in total. The van der Waals surface area contributed by atoms with Gasteiger partial charge in [0.2, 0.25) is 0 Å². The first-order valence-electron chi connectivity index (χ1n) is 21.0. The lowest BCUT2D eigenvalue weighted by molar-refractivity contribution is 0.739. The summed E-state index contributed by atoms with van der Waals surface area (Å²) in [7, 11) is 0. The minimum atomic E-state index is 0.547. The average Bonchev–Trinajstić information content (AvgIpc) is 3.35. The zero-order valence-electron chi connectivity index (χ0n) is 34.5. The van der Waals surface area contributed by atoms with Crippen molar-refractivity contribution >= 4 is 5.57 Å². The minimum Gasteiger partial charge on any atom is -0.208 e. The van der Waals surface area contributed by atoms with Crippen molar-refractivity contribution in [2.24, 2.45) is 5.92 Å². The summed E-state index contributed by atoms with van der Waals surface area (Å²) >= 11 is 0. The Morgan fingerprint density at radius 2 is 0.726 bits per heavy atom. The molecule has 296 valence electrons. The van der Waals surface area contributed by atoms with Crippen LogP contribution in [0.4, 0.5) is 0 Å². The van der Waals surface area contributed by atoms with E-state index in [9.17, 15) is 0 Å². The summed E-state index contributed by atoms with van der Waals surface area (Å²) in [6.07, 6.45) is 7.84. The molecule has 0 N–H and O–H groups in total. The highest BCUT2D eigenvalue weighted by atomic mass is 15.0. The number of aryl methyl sites for hydroxylation is 1. The number of hydrogen-bond acceptors (Lipinski definition) is 6. The molecule has 0 fully saturated rings. The Bertz CT molecular complexity index is 3060. The predicted octanol–water partition coefficient (Wildman–Crippen LogP) is 13.7. The number of benzene rings is 7. The largest absolute Gasteiger partial charge is 0.208 e. The van der Waals surface area contributed by atoms with Gasteiger partial charge in [0.05, 0.1) is 0 Å². The van der Waals surface area contributed by atoms with Crippen molar-refractivity contribution in [1.29, 1.82) is 0 Å². The van der Waals surface area contributed by atoms with Crippen molar-refractivity contribution < 1.29 is 0 Å². The van der Waals surface area contributed by atoms with E-state index < -0.39 is 0 Å². The Labute approximate surface area is 362 Å². The van der Waals surface area contributed by atoms with Gasteiger partial charge in [-0.1, -0.05) is 183 Å². The van der Waals surface area contributed by atoms with E-state index in [1.54, 1.807) is 0 Å². The van der Waals surface area contributed by atoms with E-state index >= 15 is 0 Å². The van der Waals surface area contributed by atoms with Crippen LogP contribution < -0.4 is 0 Å². The van der Waals surface area contributed by atoms with E-state index in [2.05, 4.69) is 123 Å². The number of nitrogens with zero attached hydrogens (tertiary/aromatic N) is 6. The summed E-state index contributed by atoms with van der Waals surface area (Å²) < 4.78 is 0. The molecule has 7 aromatic carbocycles. The van der Waals surface area contributed by atoms with Crippen molar-refractivity contribution in [3.63, 3.8) is 0 Å². The third kappa shape index (κ3) is 8.14. The Morgan fingerprint density at radius 3 is 1.19 bits per heavy atom. The SMILES string of the molecule is Cc1ccc(-c2nc(-c3ccccc3)nc(-c3cccc(C4=CCC(C)C=C4)c3)n2)cc1-c1cccc(-c2cccc(-c3nc(-c4ccccc4)nc(-c4ccccc4)n3)c2)c1. The molecule has 0 spiro atoms. The molecule has 1 atom stereocenters. The fourth-order valence-electron chi connectivity index (χ4n) is 7.84.